The Bertz CT molecular complexity index is 1310. The van der Waals surface area contributed by atoms with Crippen LogP contribution in [0.25, 0.3) is 6.08 Å². The molecule has 0 radical (unpaired) electrons. The summed E-state index contributed by atoms with van der Waals surface area (Å²) in [7, 11) is 0. The van der Waals surface area contributed by atoms with E-state index in [4.69, 9.17) is 23.8 Å². The van der Waals surface area contributed by atoms with E-state index in [9.17, 15) is 14.9 Å². The van der Waals surface area contributed by atoms with Crippen LogP contribution < -0.4 is 10.5 Å². The van der Waals surface area contributed by atoms with Crippen LogP contribution in [0.15, 0.2) is 34.0 Å². The lowest BCUT2D eigenvalue weighted by atomic mass is 10.0. The Morgan fingerprint density at radius 3 is 2.57 bits per heavy atom. The van der Waals surface area contributed by atoms with Crippen molar-refractivity contribution in [3.63, 3.8) is 0 Å². The van der Waals surface area contributed by atoms with Crippen LogP contribution in [0.3, 0.4) is 0 Å². The molecule has 1 aromatic heterocycles. The smallest absolute Gasteiger partial charge is 0.270 e. The van der Waals surface area contributed by atoms with E-state index in [2.05, 4.69) is 11.0 Å². The molecule has 0 saturated carbocycles. The number of thioether (sulfide) groups is 1. The summed E-state index contributed by atoms with van der Waals surface area (Å²) >= 11 is 13.1. The molecule has 1 amide bonds. The van der Waals surface area contributed by atoms with Gasteiger partial charge in [-0.15, -0.1) is 0 Å². The second kappa shape index (κ2) is 11.0. The van der Waals surface area contributed by atoms with E-state index in [0.717, 1.165) is 55.7 Å². The van der Waals surface area contributed by atoms with Gasteiger partial charge in [-0.05, 0) is 55.9 Å². The van der Waals surface area contributed by atoms with Gasteiger partial charge in [0.05, 0.1) is 11.4 Å². The first-order valence-corrected chi connectivity index (χ1v) is 13.4. The van der Waals surface area contributed by atoms with Crippen molar-refractivity contribution in [2.45, 2.75) is 52.6 Å². The molecule has 182 valence electrons. The molecule has 0 aliphatic carbocycles. The van der Waals surface area contributed by atoms with Crippen LogP contribution in [-0.4, -0.2) is 32.8 Å². The largest absolute Gasteiger partial charge is 0.357 e. The van der Waals surface area contributed by atoms with Crippen LogP contribution in [0.2, 0.25) is 5.02 Å². The van der Waals surface area contributed by atoms with Gasteiger partial charge in [0.15, 0.2) is 0 Å². The number of pyridine rings is 1. The average molecular weight is 527 g/mol. The first-order chi connectivity index (χ1) is 16.9. The molecule has 9 heteroatoms. The molecule has 0 spiro atoms. The summed E-state index contributed by atoms with van der Waals surface area (Å²) in [6.07, 6.45) is 5.81. The van der Waals surface area contributed by atoms with Crippen molar-refractivity contribution in [3.05, 3.63) is 66.8 Å². The Hall–Kier alpha value is -2.60. The van der Waals surface area contributed by atoms with Gasteiger partial charge in [-0.2, -0.15) is 5.26 Å². The van der Waals surface area contributed by atoms with Gasteiger partial charge in [-0.3, -0.25) is 19.1 Å². The number of benzene rings is 1. The van der Waals surface area contributed by atoms with E-state index in [0.29, 0.717) is 32.9 Å². The molecule has 0 atom stereocenters. The number of carbonyl (C=O) groups is 1. The molecule has 2 aromatic rings. The molecule has 2 fully saturated rings. The van der Waals surface area contributed by atoms with E-state index in [1.807, 2.05) is 31.2 Å². The summed E-state index contributed by atoms with van der Waals surface area (Å²) in [5.74, 6) is 0.597. The Morgan fingerprint density at radius 1 is 1.20 bits per heavy atom. The van der Waals surface area contributed by atoms with Gasteiger partial charge in [0.2, 0.25) is 0 Å². The quantitative estimate of drug-likeness (QED) is 0.366. The highest BCUT2D eigenvalue weighted by Crippen LogP contribution is 2.37. The van der Waals surface area contributed by atoms with Gasteiger partial charge in [-0.25, -0.2) is 0 Å². The van der Waals surface area contributed by atoms with Crippen molar-refractivity contribution in [3.8, 4) is 6.07 Å². The van der Waals surface area contributed by atoms with Crippen molar-refractivity contribution in [2.75, 3.05) is 18.0 Å². The average Bonchev–Trinajstić information content (AvgIpc) is 3.12. The topological polar surface area (TPSA) is 69.3 Å². The van der Waals surface area contributed by atoms with Crippen LogP contribution in [0.5, 0.6) is 0 Å². The molecule has 6 nitrogen and oxygen atoms in total. The number of halogens is 1. The molecule has 3 heterocycles. The van der Waals surface area contributed by atoms with Crippen LogP contribution >= 0.6 is 35.6 Å². The number of hydrogen-bond acceptors (Lipinski definition) is 6. The second-order valence-electron chi connectivity index (χ2n) is 8.71. The predicted molar refractivity (Wildman–Crippen MR) is 147 cm³/mol. The number of carbonyl (C=O) groups excluding carboxylic acids is 1. The van der Waals surface area contributed by atoms with Crippen molar-refractivity contribution in [2.24, 2.45) is 0 Å². The Balaban J connectivity index is 1.82. The summed E-state index contributed by atoms with van der Waals surface area (Å²) in [6, 6.07) is 9.49. The Labute approximate surface area is 220 Å². The Kier molecular flexibility index (Phi) is 8.00. The van der Waals surface area contributed by atoms with E-state index in [1.165, 1.54) is 11.8 Å². The molecule has 0 N–H and O–H groups in total. The first-order valence-electron chi connectivity index (χ1n) is 11.8. The monoisotopic (exact) mass is 526 g/mol. The summed E-state index contributed by atoms with van der Waals surface area (Å²) in [5, 5.41) is 10.4. The molecule has 2 aliphatic rings. The third kappa shape index (κ3) is 5.04. The summed E-state index contributed by atoms with van der Waals surface area (Å²) in [5.41, 5.74) is 2.02. The van der Waals surface area contributed by atoms with Gasteiger partial charge in [0, 0.05) is 30.2 Å². The number of anilines is 1. The summed E-state index contributed by atoms with van der Waals surface area (Å²) in [4.78, 5) is 30.9. The number of nitriles is 1. The van der Waals surface area contributed by atoms with E-state index < -0.39 is 0 Å². The zero-order chi connectivity index (χ0) is 25.1. The maximum absolute atomic E-state index is 13.4. The second-order valence-corrected chi connectivity index (χ2v) is 10.8. The highest BCUT2D eigenvalue weighted by Gasteiger charge is 2.33. The van der Waals surface area contributed by atoms with Crippen molar-refractivity contribution >= 4 is 57.7 Å². The van der Waals surface area contributed by atoms with E-state index >= 15 is 0 Å². The maximum atomic E-state index is 13.4. The lowest BCUT2D eigenvalue weighted by Gasteiger charge is -2.33. The van der Waals surface area contributed by atoms with Gasteiger partial charge in [-0.1, -0.05) is 60.7 Å². The third-order valence-corrected chi connectivity index (χ3v) is 8.13. The fraction of sp³-hybridized carbons (Fsp3) is 0.385. The zero-order valence-corrected chi connectivity index (χ0v) is 22.2. The fourth-order valence-corrected chi connectivity index (χ4v) is 6.02. The normalized spacial score (nSPS) is 17.4. The molecular weight excluding hydrogens is 500 g/mol. The predicted octanol–water partition coefficient (Wildman–Crippen LogP) is 5.48. The number of piperidine rings is 1. The van der Waals surface area contributed by atoms with Crippen molar-refractivity contribution in [1.29, 1.82) is 5.26 Å². The number of amides is 1. The minimum absolute atomic E-state index is 0.122. The third-order valence-electron chi connectivity index (χ3n) is 6.38. The molecule has 2 aliphatic heterocycles. The molecule has 0 bridgehead atoms. The lowest BCUT2D eigenvalue weighted by Crippen LogP contribution is -2.37. The summed E-state index contributed by atoms with van der Waals surface area (Å²) in [6.45, 7) is 6.27. The number of thiocarbonyl (C=S) groups is 1. The molecule has 1 aromatic carbocycles. The number of rotatable bonds is 6. The number of aromatic nitrogens is 1. The SMILES string of the molecule is CCCn1c(N2CCCCC2)c(/C=C2/SC(=S)N(Cc3ccccc3Cl)C2=O)c(C)c(C#N)c1=O. The molecule has 0 unspecified atom stereocenters. The lowest BCUT2D eigenvalue weighted by molar-refractivity contribution is -0.122. The highest BCUT2D eigenvalue weighted by molar-refractivity contribution is 8.26. The van der Waals surface area contributed by atoms with Crippen LogP contribution in [0, 0.1) is 18.3 Å². The molecule has 2 saturated heterocycles. The van der Waals surface area contributed by atoms with Gasteiger partial charge >= 0.3 is 0 Å². The van der Waals surface area contributed by atoms with Gasteiger partial charge in [0.1, 0.15) is 21.8 Å². The van der Waals surface area contributed by atoms with Gasteiger partial charge < -0.3 is 4.90 Å². The van der Waals surface area contributed by atoms with Gasteiger partial charge in [0.25, 0.3) is 11.5 Å². The Morgan fingerprint density at radius 2 is 1.91 bits per heavy atom. The van der Waals surface area contributed by atoms with Crippen LogP contribution in [0.4, 0.5) is 5.82 Å². The summed E-state index contributed by atoms with van der Waals surface area (Å²) < 4.78 is 2.17. The number of nitrogens with zero attached hydrogens (tertiary/aromatic N) is 4. The minimum atomic E-state index is -0.268. The molecule has 4 rings (SSSR count). The molecular formula is C26H27ClN4O2S2. The number of hydrogen-bond donors (Lipinski definition) is 0. The van der Waals surface area contributed by atoms with Crippen LogP contribution in [0.1, 0.15) is 54.9 Å². The van der Waals surface area contributed by atoms with E-state index in [-0.39, 0.29) is 17.0 Å². The molecule has 35 heavy (non-hydrogen) atoms. The maximum Gasteiger partial charge on any atom is 0.270 e. The minimum Gasteiger partial charge on any atom is -0.357 e. The van der Waals surface area contributed by atoms with Crippen molar-refractivity contribution in [1.82, 2.24) is 9.47 Å². The first kappa shape index (κ1) is 25.5. The fourth-order valence-electron chi connectivity index (χ4n) is 4.59. The van der Waals surface area contributed by atoms with E-state index in [1.54, 1.807) is 22.5 Å². The van der Waals surface area contributed by atoms with Crippen molar-refractivity contribution < 1.29 is 4.79 Å². The van der Waals surface area contributed by atoms with Crippen LogP contribution in [-0.2, 0) is 17.9 Å². The standard InChI is InChI=1S/C26H27ClN4O2S2/c1-3-11-30-23(29-12-7-4-8-13-29)19(17(2)20(15-28)24(30)32)14-22-25(33)31(26(34)35-22)16-18-9-5-6-10-21(18)27/h5-6,9-10,14H,3-4,7-8,11-13,16H2,1-2H3/b22-14+. The zero-order valence-electron chi connectivity index (χ0n) is 19.8. The highest BCUT2D eigenvalue weighted by atomic mass is 35.5.